The fourth-order valence-electron chi connectivity index (χ4n) is 1.31. The molecular weight excluding hydrogens is 200 g/mol. The second-order valence-electron chi connectivity index (χ2n) is 3.53. The van der Waals surface area contributed by atoms with Gasteiger partial charge in [-0.1, -0.05) is 0 Å². The predicted molar refractivity (Wildman–Crippen MR) is 58.0 cm³/mol. The van der Waals surface area contributed by atoms with Gasteiger partial charge in [0.25, 0.3) is 0 Å². The monoisotopic (exact) mass is 222 g/mol. The summed E-state index contributed by atoms with van der Waals surface area (Å²) in [5.74, 6) is 0. The summed E-state index contributed by atoms with van der Waals surface area (Å²) in [6.45, 7) is 0.852. The van der Waals surface area contributed by atoms with Crippen molar-refractivity contribution in [3.63, 3.8) is 0 Å². The lowest BCUT2D eigenvalue weighted by molar-refractivity contribution is 0.0985. The molecule has 0 bridgehead atoms. The van der Waals surface area contributed by atoms with Crippen LogP contribution < -0.4 is 0 Å². The molecule has 0 rings (SSSR count). The summed E-state index contributed by atoms with van der Waals surface area (Å²) in [6, 6.07) is 0. The van der Waals surface area contributed by atoms with Crippen LogP contribution >= 0.6 is 0 Å². The molecule has 6 heteroatoms. The van der Waals surface area contributed by atoms with Gasteiger partial charge in [0.1, 0.15) is 0 Å². The highest BCUT2D eigenvalue weighted by Crippen LogP contribution is 2.07. The van der Waals surface area contributed by atoms with Crippen LogP contribution in [0.4, 0.5) is 0 Å². The molecule has 0 amide bonds. The zero-order chi connectivity index (χ0) is 11.2. The molecule has 0 heterocycles. The first-order chi connectivity index (χ1) is 6.49. The average Bonchev–Trinajstić information content (AvgIpc) is 2.13. The third-order valence-corrected chi connectivity index (χ3v) is 4.71. The maximum Gasteiger partial charge on any atom is 0.514 e. The van der Waals surface area contributed by atoms with Crippen LogP contribution in [0.25, 0.3) is 0 Å². The van der Waals surface area contributed by atoms with Gasteiger partial charge in [0, 0.05) is 28.0 Å². The fraction of sp³-hybridized carbons (Fsp3) is 1.00. The highest BCUT2D eigenvalue weighted by atomic mass is 28.4. The summed E-state index contributed by atoms with van der Waals surface area (Å²) in [5.41, 5.74) is 0. The zero-order valence-electron chi connectivity index (χ0n) is 10.0. The Balaban J connectivity index is 4.15. The van der Waals surface area contributed by atoms with E-state index in [4.69, 9.17) is 13.3 Å². The van der Waals surface area contributed by atoms with Crippen molar-refractivity contribution >= 4 is 8.80 Å². The van der Waals surface area contributed by atoms with Gasteiger partial charge >= 0.3 is 8.80 Å². The normalized spacial score (nSPS) is 12.9. The second kappa shape index (κ2) is 6.49. The van der Waals surface area contributed by atoms with Crippen molar-refractivity contribution in [2.75, 3.05) is 55.3 Å². The van der Waals surface area contributed by atoms with Crippen LogP contribution in [-0.4, -0.2) is 73.9 Å². The minimum absolute atomic E-state index is 0.689. The quantitative estimate of drug-likeness (QED) is 0.442. The van der Waals surface area contributed by atoms with Gasteiger partial charge in [0.05, 0.1) is 6.17 Å². The van der Waals surface area contributed by atoms with E-state index in [9.17, 15) is 0 Å². The van der Waals surface area contributed by atoms with Crippen molar-refractivity contribution in [1.82, 2.24) is 9.80 Å². The molecule has 86 valence electrons. The lowest BCUT2D eigenvalue weighted by Crippen LogP contribution is -2.53. The molecule has 0 aliphatic rings. The van der Waals surface area contributed by atoms with E-state index in [0.29, 0.717) is 6.17 Å². The number of hydrogen-bond donors (Lipinski definition) is 0. The predicted octanol–water partition coefficient (Wildman–Crippen LogP) is -0.145. The van der Waals surface area contributed by atoms with E-state index < -0.39 is 8.80 Å². The van der Waals surface area contributed by atoms with Crippen LogP contribution in [-0.2, 0) is 13.3 Å². The van der Waals surface area contributed by atoms with Gasteiger partial charge in [0.15, 0.2) is 0 Å². The maximum absolute atomic E-state index is 5.32. The Bertz CT molecular complexity index is 145. The van der Waals surface area contributed by atoms with Crippen LogP contribution in [0.1, 0.15) is 0 Å². The third-order valence-electron chi connectivity index (χ3n) is 1.92. The lowest BCUT2D eigenvalue weighted by Gasteiger charge is -2.30. The van der Waals surface area contributed by atoms with Crippen LogP contribution in [0.2, 0.25) is 0 Å². The smallest absolute Gasteiger partial charge is 0.376 e. The molecule has 5 nitrogen and oxygen atoms in total. The standard InChI is InChI=1S/C8H22N2O3Si/c1-9(2)7-10(3)8-14(11-4,12-5)13-6/h7-8H2,1-6H3. The number of hydrogen-bond acceptors (Lipinski definition) is 5. The van der Waals surface area contributed by atoms with Crippen molar-refractivity contribution in [2.24, 2.45) is 0 Å². The van der Waals surface area contributed by atoms with Gasteiger partial charge < -0.3 is 13.3 Å². The Morgan fingerprint density at radius 1 is 0.929 bits per heavy atom. The van der Waals surface area contributed by atoms with Gasteiger partial charge in [-0.3, -0.25) is 9.80 Å². The Hall–Kier alpha value is 0.0169. The molecular formula is C8H22N2O3Si. The molecule has 0 aromatic carbocycles. The van der Waals surface area contributed by atoms with Crippen molar-refractivity contribution in [2.45, 2.75) is 0 Å². The SMILES string of the molecule is CO[Si](CN(C)CN(C)C)(OC)OC. The molecule has 0 N–H and O–H groups in total. The molecule has 0 aromatic heterocycles. The van der Waals surface area contributed by atoms with Crippen molar-refractivity contribution in [3.05, 3.63) is 0 Å². The molecule has 0 saturated carbocycles. The van der Waals surface area contributed by atoms with Gasteiger partial charge in [-0.15, -0.1) is 0 Å². The first kappa shape index (κ1) is 14.0. The van der Waals surface area contributed by atoms with Crippen molar-refractivity contribution in [1.29, 1.82) is 0 Å². The first-order valence-corrected chi connectivity index (χ1v) is 6.41. The molecule has 0 aromatic rings. The van der Waals surface area contributed by atoms with E-state index in [0.717, 1.165) is 6.67 Å². The lowest BCUT2D eigenvalue weighted by atomic mass is 10.8. The van der Waals surface area contributed by atoms with Gasteiger partial charge in [-0.2, -0.15) is 0 Å². The van der Waals surface area contributed by atoms with E-state index in [1.807, 2.05) is 21.1 Å². The molecule has 0 atom stereocenters. The van der Waals surface area contributed by atoms with Gasteiger partial charge in [-0.25, -0.2) is 0 Å². The maximum atomic E-state index is 5.32. The average molecular weight is 222 g/mol. The van der Waals surface area contributed by atoms with E-state index in [1.54, 1.807) is 21.3 Å². The summed E-state index contributed by atoms with van der Waals surface area (Å²) in [7, 11) is 8.49. The van der Waals surface area contributed by atoms with Crippen LogP contribution in [0.3, 0.4) is 0 Å². The fourth-order valence-corrected chi connectivity index (χ4v) is 2.96. The first-order valence-electron chi connectivity index (χ1n) is 4.48. The van der Waals surface area contributed by atoms with Crippen molar-refractivity contribution in [3.8, 4) is 0 Å². The van der Waals surface area contributed by atoms with E-state index in [-0.39, 0.29) is 0 Å². The topological polar surface area (TPSA) is 34.2 Å². The molecule has 0 aliphatic carbocycles. The van der Waals surface area contributed by atoms with Crippen LogP contribution in [0.15, 0.2) is 0 Å². The summed E-state index contributed by atoms with van der Waals surface area (Å²) >= 11 is 0. The highest BCUT2D eigenvalue weighted by Gasteiger charge is 2.39. The molecule has 0 fully saturated rings. The largest absolute Gasteiger partial charge is 0.514 e. The zero-order valence-corrected chi connectivity index (χ0v) is 11.0. The van der Waals surface area contributed by atoms with Gasteiger partial charge in [-0.05, 0) is 21.1 Å². The molecule has 14 heavy (non-hydrogen) atoms. The summed E-state index contributed by atoms with van der Waals surface area (Å²) in [6.07, 6.45) is 0.689. The Kier molecular flexibility index (Phi) is 6.50. The molecule has 0 aliphatic heterocycles. The van der Waals surface area contributed by atoms with Crippen LogP contribution in [0, 0.1) is 0 Å². The molecule has 0 spiro atoms. The Morgan fingerprint density at radius 3 is 1.64 bits per heavy atom. The minimum atomic E-state index is -2.45. The molecule has 0 saturated heterocycles. The van der Waals surface area contributed by atoms with E-state index in [1.165, 1.54) is 0 Å². The summed E-state index contributed by atoms with van der Waals surface area (Å²) in [5, 5.41) is 0. The Morgan fingerprint density at radius 2 is 1.36 bits per heavy atom. The molecule has 0 radical (unpaired) electrons. The minimum Gasteiger partial charge on any atom is -0.376 e. The van der Waals surface area contributed by atoms with Crippen molar-refractivity contribution < 1.29 is 13.3 Å². The third kappa shape index (κ3) is 4.49. The highest BCUT2D eigenvalue weighted by molar-refractivity contribution is 6.60. The summed E-state index contributed by atoms with van der Waals surface area (Å²) < 4.78 is 16.0. The van der Waals surface area contributed by atoms with E-state index >= 15 is 0 Å². The summed E-state index contributed by atoms with van der Waals surface area (Å²) in [4.78, 5) is 4.20. The second-order valence-corrected chi connectivity index (χ2v) is 6.44. The number of nitrogens with zero attached hydrogens (tertiary/aromatic N) is 2. The van der Waals surface area contributed by atoms with Gasteiger partial charge in [0.2, 0.25) is 0 Å². The van der Waals surface area contributed by atoms with E-state index in [2.05, 4.69) is 9.80 Å². The van der Waals surface area contributed by atoms with Crippen LogP contribution in [0.5, 0.6) is 0 Å². The molecule has 0 unspecified atom stereocenters. The Labute approximate surface area is 87.9 Å². The number of rotatable bonds is 7.